The van der Waals surface area contributed by atoms with Gasteiger partial charge in [-0.25, -0.2) is 17.5 Å². The summed E-state index contributed by atoms with van der Waals surface area (Å²) in [5.41, 5.74) is 0.324. The van der Waals surface area contributed by atoms with Crippen LogP contribution >= 0.6 is 0 Å². The Morgan fingerprint density at radius 1 is 1.30 bits per heavy atom. The normalized spacial score (nSPS) is 11.1. The van der Waals surface area contributed by atoms with Crippen molar-refractivity contribution in [1.29, 1.82) is 0 Å². The Labute approximate surface area is 114 Å². The lowest BCUT2D eigenvalue weighted by Crippen LogP contribution is -2.39. The molecule has 0 saturated heterocycles. The average Bonchev–Trinajstić information content (AvgIpc) is 2.36. The van der Waals surface area contributed by atoms with Crippen LogP contribution in [0.2, 0.25) is 0 Å². The van der Waals surface area contributed by atoms with Crippen LogP contribution in [-0.2, 0) is 19.6 Å². The number of carbonyl (C=O) groups excluding carboxylic acids is 1. The van der Waals surface area contributed by atoms with E-state index in [1.54, 1.807) is 0 Å². The minimum Gasteiger partial charge on any atom is -0.480 e. The van der Waals surface area contributed by atoms with Crippen LogP contribution in [0.25, 0.3) is 0 Å². The SMILES string of the molecule is Cc1ccc(F)cc1S(=O)(=O)NCC(=O)NCC(=O)O. The Kier molecular flexibility index (Phi) is 5.17. The van der Waals surface area contributed by atoms with Gasteiger partial charge < -0.3 is 10.4 Å². The fourth-order valence-electron chi connectivity index (χ4n) is 1.34. The molecule has 20 heavy (non-hydrogen) atoms. The van der Waals surface area contributed by atoms with Crippen LogP contribution in [0.1, 0.15) is 5.56 Å². The summed E-state index contributed by atoms with van der Waals surface area (Å²) in [4.78, 5) is 21.1. The molecular weight excluding hydrogens is 291 g/mol. The van der Waals surface area contributed by atoms with E-state index in [-0.39, 0.29) is 4.90 Å². The predicted molar refractivity (Wildman–Crippen MR) is 67.0 cm³/mol. The monoisotopic (exact) mass is 304 g/mol. The summed E-state index contributed by atoms with van der Waals surface area (Å²) >= 11 is 0. The lowest BCUT2D eigenvalue weighted by atomic mass is 10.2. The molecule has 1 aromatic rings. The number of halogens is 1. The minimum atomic E-state index is -4.05. The molecule has 3 N–H and O–H groups in total. The van der Waals surface area contributed by atoms with Crippen molar-refractivity contribution >= 4 is 21.9 Å². The van der Waals surface area contributed by atoms with E-state index in [0.29, 0.717) is 5.56 Å². The molecule has 0 fully saturated rings. The third-order valence-electron chi connectivity index (χ3n) is 2.30. The van der Waals surface area contributed by atoms with Crippen molar-refractivity contribution in [1.82, 2.24) is 10.0 Å². The van der Waals surface area contributed by atoms with Crippen molar-refractivity contribution in [2.24, 2.45) is 0 Å². The molecule has 0 saturated carbocycles. The van der Waals surface area contributed by atoms with Crippen molar-refractivity contribution in [3.05, 3.63) is 29.6 Å². The van der Waals surface area contributed by atoms with Crippen LogP contribution in [0.4, 0.5) is 4.39 Å². The molecule has 9 heteroatoms. The van der Waals surface area contributed by atoms with Crippen LogP contribution in [-0.4, -0.2) is 38.5 Å². The van der Waals surface area contributed by atoms with E-state index < -0.39 is 40.8 Å². The van der Waals surface area contributed by atoms with E-state index in [2.05, 4.69) is 0 Å². The van der Waals surface area contributed by atoms with Crippen LogP contribution in [0, 0.1) is 12.7 Å². The Bertz CT molecular complexity index is 630. The van der Waals surface area contributed by atoms with Crippen LogP contribution in [0.15, 0.2) is 23.1 Å². The molecule has 0 aliphatic carbocycles. The Hall–Kier alpha value is -2.00. The highest BCUT2D eigenvalue weighted by molar-refractivity contribution is 7.89. The molecule has 0 aliphatic heterocycles. The lowest BCUT2D eigenvalue weighted by molar-refractivity contribution is -0.137. The standard InChI is InChI=1S/C11H13FN2O5S/c1-7-2-3-8(12)4-9(7)20(18,19)14-5-10(15)13-6-11(16)17/h2-4,14H,5-6H2,1H3,(H,13,15)(H,16,17). The largest absolute Gasteiger partial charge is 0.480 e. The van der Waals surface area contributed by atoms with Gasteiger partial charge in [-0.2, -0.15) is 0 Å². The van der Waals surface area contributed by atoms with E-state index >= 15 is 0 Å². The highest BCUT2D eigenvalue weighted by atomic mass is 32.2. The van der Waals surface area contributed by atoms with Crippen LogP contribution < -0.4 is 10.0 Å². The number of benzene rings is 1. The molecule has 110 valence electrons. The molecule has 1 aromatic carbocycles. The van der Waals surface area contributed by atoms with Crippen molar-refractivity contribution < 1.29 is 27.5 Å². The fraction of sp³-hybridized carbons (Fsp3) is 0.273. The van der Waals surface area contributed by atoms with Gasteiger partial charge in [0.15, 0.2) is 0 Å². The first-order chi connectivity index (χ1) is 9.22. The topological polar surface area (TPSA) is 113 Å². The zero-order valence-corrected chi connectivity index (χ0v) is 11.3. The fourth-order valence-corrected chi connectivity index (χ4v) is 2.57. The van der Waals surface area contributed by atoms with E-state index in [1.807, 2.05) is 10.0 Å². The highest BCUT2D eigenvalue weighted by Crippen LogP contribution is 2.15. The number of rotatable bonds is 6. The summed E-state index contributed by atoms with van der Waals surface area (Å²) in [6.45, 7) is 0.240. The van der Waals surface area contributed by atoms with Crippen molar-refractivity contribution in [3.8, 4) is 0 Å². The molecule has 0 aromatic heterocycles. The molecule has 0 radical (unpaired) electrons. The number of carbonyl (C=O) groups is 2. The number of hydrogen-bond acceptors (Lipinski definition) is 4. The van der Waals surface area contributed by atoms with Gasteiger partial charge in [0.2, 0.25) is 15.9 Å². The maximum atomic E-state index is 13.0. The van der Waals surface area contributed by atoms with Crippen LogP contribution in [0.3, 0.4) is 0 Å². The van der Waals surface area contributed by atoms with E-state index in [1.165, 1.54) is 13.0 Å². The maximum Gasteiger partial charge on any atom is 0.322 e. The Morgan fingerprint density at radius 3 is 2.55 bits per heavy atom. The second kappa shape index (κ2) is 6.44. The first-order valence-corrected chi connectivity index (χ1v) is 6.95. The number of carboxylic acids is 1. The van der Waals surface area contributed by atoms with Gasteiger partial charge in [-0.05, 0) is 24.6 Å². The smallest absolute Gasteiger partial charge is 0.322 e. The summed E-state index contributed by atoms with van der Waals surface area (Å²) in [6.07, 6.45) is 0. The molecule has 0 aliphatic rings. The third-order valence-corrected chi connectivity index (χ3v) is 3.84. The number of nitrogens with one attached hydrogen (secondary N) is 2. The molecule has 0 spiro atoms. The zero-order chi connectivity index (χ0) is 15.3. The second-order valence-electron chi connectivity index (χ2n) is 3.90. The summed E-state index contributed by atoms with van der Waals surface area (Å²) in [5.74, 6) is -2.77. The summed E-state index contributed by atoms with van der Waals surface area (Å²) in [7, 11) is -4.05. The number of aryl methyl sites for hydroxylation is 1. The van der Waals surface area contributed by atoms with Gasteiger partial charge in [-0.1, -0.05) is 6.07 Å². The van der Waals surface area contributed by atoms with Gasteiger partial charge in [0.25, 0.3) is 0 Å². The van der Waals surface area contributed by atoms with Gasteiger partial charge >= 0.3 is 5.97 Å². The van der Waals surface area contributed by atoms with Crippen LogP contribution in [0.5, 0.6) is 0 Å². The third kappa shape index (κ3) is 4.59. The quantitative estimate of drug-likeness (QED) is 0.663. The molecule has 0 atom stereocenters. The minimum absolute atomic E-state index is 0.275. The summed E-state index contributed by atoms with van der Waals surface area (Å²) in [6, 6.07) is 3.26. The first-order valence-electron chi connectivity index (χ1n) is 5.46. The molecule has 0 unspecified atom stereocenters. The number of carboxylic acid groups (broad SMARTS) is 1. The zero-order valence-electron chi connectivity index (χ0n) is 10.5. The molecule has 1 amide bonds. The van der Waals surface area contributed by atoms with E-state index in [9.17, 15) is 22.4 Å². The number of aliphatic carboxylic acids is 1. The summed E-state index contributed by atoms with van der Waals surface area (Å²) in [5, 5.41) is 10.3. The van der Waals surface area contributed by atoms with Crippen molar-refractivity contribution in [2.75, 3.05) is 13.1 Å². The first kappa shape index (κ1) is 16.1. The molecule has 7 nitrogen and oxygen atoms in total. The van der Waals surface area contributed by atoms with Crippen molar-refractivity contribution in [3.63, 3.8) is 0 Å². The Morgan fingerprint density at radius 2 is 1.95 bits per heavy atom. The number of hydrogen-bond donors (Lipinski definition) is 3. The number of amides is 1. The highest BCUT2D eigenvalue weighted by Gasteiger charge is 2.18. The van der Waals surface area contributed by atoms with Crippen molar-refractivity contribution in [2.45, 2.75) is 11.8 Å². The molecular formula is C11H13FN2O5S. The average molecular weight is 304 g/mol. The predicted octanol–water partition coefficient (Wildman–Crippen LogP) is -0.387. The van der Waals surface area contributed by atoms with E-state index in [4.69, 9.17) is 5.11 Å². The number of sulfonamides is 1. The Balaban J connectivity index is 2.73. The van der Waals surface area contributed by atoms with Gasteiger partial charge in [0.05, 0.1) is 11.4 Å². The van der Waals surface area contributed by atoms with Gasteiger partial charge in [0.1, 0.15) is 12.4 Å². The maximum absolute atomic E-state index is 13.0. The van der Waals surface area contributed by atoms with Gasteiger partial charge in [-0.3, -0.25) is 9.59 Å². The van der Waals surface area contributed by atoms with E-state index in [0.717, 1.165) is 12.1 Å². The summed E-state index contributed by atoms with van der Waals surface area (Å²) < 4.78 is 38.8. The van der Waals surface area contributed by atoms with Gasteiger partial charge in [0, 0.05) is 0 Å². The molecule has 0 bridgehead atoms. The molecule has 0 heterocycles. The molecule has 1 rings (SSSR count). The van der Waals surface area contributed by atoms with Gasteiger partial charge in [-0.15, -0.1) is 0 Å². The lowest BCUT2D eigenvalue weighted by Gasteiger charge is -2.09. The second-order valence-corrected chi connectivity index (χ2v) is 5.64.